The highest BCUT2D eigenvalue weighted by molar-refractivity contribution is 5.94. The summed E-state index contributed by atoms with van der Waals surface area (Å²) < 4.78 is 12.7. The molecule has 1 aromatic carbocycles. The van der Waals surface area contributed by atoms with Gasteiger partial charge in [-0.2, -0.15) is 0 Å². The molecule has 3 amide bonds. The van der Waals surface area contributed by atoms with Gasteiger partial charge in [0.15, 0.2) is 0 Å². The maximum Gasteiger partial charge on any atom is 0.319 e. The molecule has 1 aliphatic heterocycles. The maximum absolute atomic E-state index is 12.7. The lowest BCUT2D eigenvalue weighted by Gasteiger charge is -2.15. The molecule has 3 N–H and O–H groups in total. The first-order chi connectivity index (χ1) is 8.56. The SMILES string of the molecule is C[C@H]1CNC(=O)[C@@H]1NC(=O)Nc1ccc(F)cc1. The summed E-state index contributed by atoms with van der Waals surface area (Å²) in [5.74, 6) is -0.502. The van der Waals surface area contributed by atoms with E-state index in [1.165, 1.54) is 24.3 Å². The quantitative estimate of drug-likeness (QED) is 0.736. The van der Waals surface area contributed by atoms with Crippen molar-refractivity contribution in [1.29, 1.82) is 0 Å². The van der Waals surface area contributed by atoms with Gasteiger partial charge in [0.25, 0.3) is 0 Å². The van der Waals surface area contributed by atoms with Crippen molar-refractivity contribution in [2.75, 3.05) is 11.9 Å². The summed E-state index contributed by atoms with van der Waals surface area (Å²) in [6, 6.07) is 4.40. The van der Waals surface area contributed by atoms with Crippen molar-refractivity contribution in [3.63, 3.8) is 0 Å². The van der Waals surface area contributed by atoms with E-state index >= 15 is 0 Å². The second-order valence-corrected chi connectivity index (χ2v) is 4.31. The summed E-state index contributed by atoms with van der Waals surface area (Å²) in [7, 11) is 0. The number of carbonyl (C=O) groups excluding carboxylic acids is 2. The molecule has 0 unspecified atom stereocenters. The van der Waals surface area contributed by atoms with Gasteiger partial charge in [0, 0.05) is 18.2 Å². The fraction of sp³-hybridized carbons (Fsp3) is 0.333. The van der Waals surface area contributed by atoms with Crippen LogP contribution in [0, 0.1) is 11.7 Å². The molecule has 18 heavy (non-hydrogen) atoms. The first-order valence-corrected chi connectivity index (χ1v) is 5.67. The number of hydrogen-bond acceptors (Lipinski definition) is 2. The number of carbonyl (C=O) groups is 2. The molecule has 96 valence electrons. The van der Waals surface area contributed by atoms with Gasteiger partial charge in [-0.1, -0.05) is 6.92 Å². The van der Waals surface area contributed by atoms with Crippen molar-refractivity contribution in [3.05, 3.63) is 30.1 Å². The van der Waals surface area contributed by atoms with Gasteiger partial charge >= 0.3 is 6.03 Å². The van der Waals surface area contributed by atoms with Crippen molar-refractivity contribution in [2.24, 2.45) is 5.92 Å². The molecule has 0 bridgehead atoms. The third kappa shape index (κ3) is 2.77. The summed E-state index contributed by atoms with van der Waals surface area (Å²) in [6.45, 7) is 2.43. The van der Waals surface area contributed by atoms with Crippen LogP contribution >= 0.6 is 0 Å². The lowest BCUT2D eigenvalue weighted by atomic mass is 10.1. The van der Waals surface area contributed by atoms with Gasteiger partial charge in [0.05, 0.1) is 0 Å². The molecule has 1 aliphatic rings. The molecule has 0 saturated carbocycles. The first kappa shape index (κ1) is 12.3. The van der Waals surface area contributed by atoms with Crippen LogP contribution in [0.5, 0.6) is 0 Å². The Bertz CT molecular complexity index is 461. The molecule has 0 aliphatic carbocycles. The van der Waals surface area contributed by atoms with Crippen LogP contribution in [-0.2, 0) is 4.79 Å². The monoisotopic (exact) mass is 251 g/mol. The number of urea groups is 1. The summed E-state index contributed by atoms with van der Waals surface area (Å²) in [6.07, 6.45) is 0. The minimum absolute atomic E-state index is 0.0523. The van der Waals surface area contributed by atoms with Crippen LogP contribution in [0.15, 0.2) is 24.3 Å². The molecular weight excluding hydrogens is 237 g/mol. The summed E-state index contributed by atoms with van der Waals surface area (Å²) in [4.78, 5) is 23.1. The summed E-state index contributed by atoms with van der Waals surface area (Å²) in [5, 5.41) is 7.79. The Hall–Kier alpha value is -2.11. The van der Waals surface area contributed by atoms with E-state index < -0.39 is 12.1 Å². The van der Waals surface area contributed by atoms with Crippen molar-refractivity contribution >= 4 is 17.6 Å². The van der Waals surface area contributed by atoms with Crippen LogP contribution in [0.3, 0.4) is 0 Å². The van der Waals surface area contributed by atoms with Crippen LogP contribution in [-0.4, -0.2) is 24.5 Å². The number of anilines is 1. The van der Waals surface area contributed by atoms with Crippen molar-refractivity contribution < 1.29 is 14.0 Å². The number of benzene rings is 1. The fourth-order valence-electron chi connectivity index (χ4n) is 1.80. The number of halogens is 1. The molecule has 2 atom stereocenters. The van der Waals surface area contributed by atoms with Crippen LogP contribution in [0.1, 0.15) is 6.92 Å². The van der Waals surface area contributed by atoms with Gasteiger partial charge in [0.1, 0.15) is 11.9 Å². The average molecular weight is 251 g/mol. The smallest absolute Gasteiger partial charge is 0.319 e. The standard InChI is InChI=1S/C12H14FN3O2/c1-7-6-14-11(17)10(7)16-12(18)15-9-4-2-8(13)3-5-9/h2-5,7,10H,6H2,1H3,(H,14,17)(H2,15,16,18)/t7-,10+/m0/s1. The van der Waals surface area contributed by atoms with E-state index in [-0.39, 0.29) is 17.6 Å². The largest absolute Gasteiger partial charge is 0.354 e. The topological polar surface area (TPSA) is 70.2 Å². The Morgan fingerprint density at radius 1 is 1.39 bits per heavy atom. The third-order valence-corrected chi connectivity index (χ3v) is 2.84. The molecule has 1 fully saturated rings. The van der Waals surface area contributed by atoms with Crippen molar-refractivity contribution in [3.8, 4) is 0 Å². The van der Waals surface area contributed by atoms with E-state index in [0.29, 0.717) is 12.2 Å². The highest BCUT2D eigenvalue weighted by atomic mass is 19.1. The second-order valence-electron chi connectivity index (χ2n) is 4.31. The number of nitrogens with one attached hydrogen (secondary N) is 3. The predicted molar refractivity (Wildman–Crippen MR) is 64.5 cm³/mol. The normalized spacial score (nSPS) is 22.4. The van der Waals surface area contributed by atoms with E-state index in [4.69, 9.17) is 0 Å². The number of rotatable bonds is 2. The molecular formula is C12H14FN3O2. The molecule has 1 aromatic rings. The maximum atomic E-state index is 12.7. The molecule has 5 nitrogen and oxygen atoms in total. The lowest BCUT2D eigenvalue weighted by molar-refractivity contribution is -0.120. The van der Waals surface area contributed by atoms with Gasteiger partial charge in [0.2, 0.25) is 5.91 Å². The van der Waals surface area contributed by atoms with Gasteiger partial charge in [-0.3, -0.25) is 4.79 Å². The molecule has 0 aromatic heterocycles. The second kappa shape index (κ2) is 5.03. The zero-order valence-corrected chi connectivity index (χ0v) is 9.87. The third-order valence-electron chi connectivity index (χ3n) is 2.84. The molecule has 6 heteroatoms. The van der Waals surface area contributed by atoms with Gasteiger partial charge in [-0.25, -0.2) is 9.18 Å². The van der Waals surface area contributed by atoms with Crippen LogP contribution in [0.25, 0.3) is 0 Å². The summed E-state index contributed by atoms with van der Waals surface area (Å²) in [5.41, 5.74) is 0.472. The van der Waals surface area contributed by atoms with Gasteiger partial charge < -0.3 is 16.0 Å². The minimum Gasteiger partial charge on any atom is -0.354 e. The summed E-state index contributed by atoms with van der Waals surface area (Å²) >= 11 is 0. The Balaban J connectivity index is 1.92. The van der Waals surface area contributed by atoms with Crippen LogP contribution in [0.4, 0.5) is 14.9 Å². The Kier molecular flexibility index (Phi) is 3.45. The average Bonchev–Trinajstić information content (AvgIpc) is 2.64. The number of hydrogen-bond donors (Lipinski definition) is 3. The van der Waals surface area contributed by atoms with Crippen LogP contribution < -0.4 is 16.0 Å². The van der Waals surface area contributed by atoms with Gasteiger partial charge in [-0.05, 0) is 24.3 Å². The first-order valence-electron chi connectivity index (χ1n) is 5.67. The van der Waals surface area contributed by atoms with E-state index in [2.05, 4.69) is 16.0 Å². The van der Waals surface area contributed by atoms with E-state index in [1.807, 2.05) is 6.92 Å². The highest BCUT2D eigenvalue weighted by Crippen LogP contribution is 2.11. The number of amides is 3. The fourth-order valence-corrected chi connectivity index (χ4v) is 1.80. The zero-order chi connectivity index (χ0) is 13.1. The molecule has 1 saturated heterocycles. The minimum atomic E-state index is -0.523. The molecule has 0 radical (unpaired) electrons. The predicted octanol–water partition coefficient (Wildman–Crippen LogP) is 1.08. The van der Waals surface area contributed by atoms with E-state index in [1.54, 1.807) is 0 Å². The van der Waals surface area contributed by atoms with Gasteiger partial charge in [-0.15, -0.1) is 0 Å². The Morgan fingerprint density at radius 3 is 2.61 bits per heavy atom. The van der Waals surface area contributed by atoms with E-state index in [9.17, 15) is 14.0 Å². The Morgan fingerprint density at radius 2 is 2.06 bits per heavy atom. The zero-order valence-electron chi connectivity index (χ0n) is 9.87. The molecule has 2 rings (SSSR count). The van der Waals surface area contributed by atoms with Crippen LogP contribution in [0.2, 0.25) is 0 Å². The van der Waals surface area contributed by atoms with E-state index in [0.717, 1.165) is 0 Å². The Labute approximate surface area is 104 Å². The molecule has 0 spiro atoms. The molecule has 1 heterocycles. The lowest BCUT2D eigenvalue weighted by Crippen LogP contribution is -2.44. The van der Waals surface area contributed by atoms with Crippen molar-refractivity contribution in [1.82, 2.24) is 10.6 Å². The highest BCUT2D eigenvalue weighted by Gasteiger charge is 2.32. The van der Waals surface area contributed by atoms with Crippen molar-refractivity contribution in [2.45, 2.75) is 13.0 Å².